The molecule has 1 N–H and O–H groups in total. The first-order valence-electron chi connectivity index (χ1n) is 3.69. The lowest BCUT2D eigenvalue weighted by Crippen LogP contribution is -2.26. The first-order chi connectivity index (χ1) is 4.99. The monoisotopic (exact) mass is 154 g/mol. The summed E-state index contributed by atoms with van der Waals surface area (Å²) in [6.07, 6.45) is 3.61. The molecule has 0 aliphatic carbocycles. The van der Waals surface area contributed by atoms with Gasteiger partial charge in [0.15, 0.2) is 0 Å². The van der Waals surface area contributed by atoms with Gasteiger partial charge in [-0.15, -0.1) is 0 Å². The van der Waals surface area contributed by atoms with Gasteiger partial charge >= 0.3 is 0 Å². The van der Waals surface area contributed by atoms with E-state index < -0.39 is 5.60 Å². The molecule has 1 aromatic heterocycles. The van der Waals surface area contributed by atoms with Crippen LogP contribution in [0.5, 0.6) is 0 Å². The first kappa shape index (κ1) is 8.27. The third kappa shape index (κ3) is 2.35. The zero-order chi connectivity index (χ0) is 8.48. The molecule has 0 aliphatic heterocycles. The van der Waals surface area contributed by atoms with Crippen molar-refractivity contribution in [3.05, 3.63) is 18.2 Å². The molecule has 0 bridgehead atoms. The van der Waals surface area contributed by atoms with Crippen molar-refractivity contribution in [1.82, 2.24) is 9.55 Å². The molecule has 3 heteroatoms. The lowest BCUT2D eigenvalue weighted by Gasteiger charge is -2.18. The molecule has 0 amide bonds. The SMILES string of the molecule is Cc1nccn1CC(C)(C)O. The minimum atomic E-state index is -0.661. The maximum atomic E-state index is 9.47. The number of imidazole rings is 1. The maximum absolute atomic E-state index is 9.47. The molecule has 1 aromatic rings. The molecule has 0 atom stereocenters. The number of hydrogen-bond donors (Lipinski definition) is 1. The molecule has 1 rings (SSSR count). The largest absolute Gasteiger partial charge is 0.389 e. The summed E-state index contributed by atoms with van der Waals surface area (Å²) in [5.74, 6) is 0.937. The van der Waals surface area contributed by atoms with Crippen LogP contribution < -0.4 is 0 Å². The average Bonchev–Trinajstić information content (AvgIpc) is 2.12. The van der Waals surface area contributed by atoms with E-state index in [4.69, 9.17) is 0 Å². The Bertz CT molecular complexity index is 234. The average molecular weight is 154 g/mol. The highest BCUT2D eigenvalue weighted by Gasteiger charge is 2.13. The molecule has 62 valence electrons. The van der Waals surface area contributed by atoms with E-state index in [1.54, 1.807) is 20.0 Å². The Morgan fingerprint density at radius 2 is 2.27 bits per heavy atom. The van der Waals surface area contributed by atoms with E-state index in [1.807, 2.05) is 17.7 Å². The van der Waals surface area contributed by atoms with Crippen molar-refractivity contribution in [3.63, 3.8) is 0 Å². The van der Waals surface area contributed by atoms with E-state index in [1.165, 1.54) is 0 Å². The fraction of sp³-hybridized carbons (Fsp3) is 0.625. The van der Waals surface area contributed by atoms with Gasteiger partial charge in [0, 0.05) is 12.4 Å². The number of aliphatic hydroxyl groups is 1. The van der Waals surface area contributed by atoms with Gasteiger partial charge in [-0.1, -0.05) is 0 Å². The van der Waals surface area contributed by atoms with Crippen LogP contribution in [0.25, 0.3) is 0 Å². The Hall–Kier alpha value is -0.830. The number of rotatable bonds is 2. The van der Waals surface area contributed by atoms with Crippen LogP contribution in [0.3, 0.4) is 0 Å². The molecular weight excluding hydrogens is 140 g/mol. The van der Waals surface area contributed by atoms with Crippen LogP contribution >= 0.6 is 0 Å². The zero-order valence-electron chi connectivity index (χ0n) is 7.20. The summed E-state index contributed by atoms with van der Waals surface area (Å²) in [5.41, 5.74) is -0.661. The third-order valence-electron chi connectivity index (χ3n) is 1.48. The molecular formula is C8H14N2O. The minimum absolute atomic E-state index is 0.596. The van der Waals surface area contributed by atoms with Gasteiger partial charge in [-0.2, -0.15) is 0 Å². The molecule has 0 aliphatic rings. The van der Waals surface area contributed by atoms with Crippen molar-refractivity contribution < 1.29 is 5.11 Å². The predicted octanol–water partition coefficient (Wildman–Crippen LogP) is 0.962. The molecule has 0 saturated heterocycles. The number of nitrogens with zero attached hydrogens (tertiary/aromatic N) is 2. The van der Waals surface area contributed by atoms with E-state index in [2.05, 4.69) is 4.98 Å². The highest BCUT2D eigenvalue weighted by molar-refractivity contribution is 4.90. The molecule has 0 aromatic carbocycles. The van der Waals surface area contributed by atoms with Crippen molar-refractivity contribution in [2.24, 2.45) is 0 Å². The number of aryl methyl sites for hydroxylation is 1. The highest BCUT2D eigenvalue weighted by Crippen LogP contribution is 2.06. The maximum Gasteiger partial charge on any atom is 0.105 e. The van der Waals surface area contributed by atoms with Crippen LogP contribution in [0.4, 0.5) is 0 Å². The highest BCUT2D eigenvalue weighted by atomic mass is 16.3. The van der Waals surface area contributed by atoms with Gasteiger partial charge in [0.2, 0.25) is 0 Å². The number of aromatic nitrogens is 2. The summed E-state index contributed by atoms with van der Waals surface area (Å²) in [6, 6.07) is 0. The van der Waals surface area contributed by atoms with E-state index in [0.717, 1.165) is 5.82 Å². The third-order valence-corrected chi connectivity index (χ3v) is 1.48. The van der Waals surface area contributed by atoms with E-state index >= 15 is 0 Å². The van der Waals surface area contributed by atoms with Gasteiger partial charge in [0.25, 0.3) is 0 Å². The Morgan fingerprint density at radius 1 is 1.64 bits per heavy atom. The van der Waals surface area contributed by atoms with Gasteiger partial charge in [-0.05, 0) is 20.8 Å². The second kappa shape index (κ2) is 2.66. The van der Waals surface area contributed by atoms with Crippen LogP contribution in [0.1, 0.15) is 19.7 Å². The molecule has 1 heterocycles. The summed E-state index contributed by atoms with van der Waals surface area (Å²) in [4.78, 5) is 4.05. The Labute approximate surface area is 66.7 Å². The van der Waals surface area contributed by atoms with Gasteiger partial charge in [0.1, 0.15) is 5.82 Å². The second-order valence-corrected chi connectivity index (χ2v) is 3.41. The lowest BCUT2D eigenvalue weighted by molar-refractivity contribution is 0.0609. The van der Waals surface area contributed by atoms with Gasteiger partial charge in [-0.3, -0.25) is 0 Å². The number of hydrogen-bond acceptors (Lipinski definition) is 2. The Balaban J connectivity index is 2.72. The van der Waals surface area contributed by atoms with E-state index in [9.17, 15) is 5.11 Å². The smallest absolute Gasteiger partial charge is 0.105 e. The van der Waals surface area contributed by atoms with Gasteiger partial charge < -0.3 is 9.67 Å². The predicted molar refractivity (Wildman–Crippen MR) is 43.3 cm³/mol. The second-order valence-electron chi connectivity index (χ2n) is 3.41. The van der Waals surface area contributed by atoms with Gasteiger partial charge in [-0.25, -0.2) is 4.98 Å². The summed E-state index contributed by atoms with van der Waals surface area (Å²) in [6.45, 7) is 6.09. The van der Waals surface area contributed by atoms with Gasteiger partial charge in [0.05, 0.1) is 12.1 Å². The standard InChI is InChI=1S/C8H14N2O/c1-7-9-4-5-10(7)6-8(2,3)11/h4-5,11H,6H2,1-3H3. The van der Waals surface area contributed by atoms with Crippen LogP contribution in [0.2, 0.25) is 0 Å². The molecule has 0 radical (unpaired) electrons. The summed E-state index contributed by atoms with van der Waals surface area (Å²) in [5, 5.41) is 9.47. The first-order valence-corrected chi connectivity index (χ1v) is 3.69. The fourth-order valence-electron chi connectivity index (χ4n) is 0.988. The van der Waals surface area contributed by atoms with Crippen molar-refractivity contribution >= 4 is 0 Å². The van der Waals surface area contributed by atoms with E-state index in [-0.39, 0.29) is 0 Å². The fourth-order valence-corrected chi connectivity index (χ4v) is 0.988. The van der Waals surface area contributed by atoms with Crippen LogP contribution in [-0.2, 0) is 6.54 Å². The van der Waals surface area contributed by atoms with Crippen LogP contribution in [-0.4, -0.2) is 20.3 Å². The topological polar surface area (TPSA) is 38.0 Å². The molecule has 3 nitrogen and oxygen atoms in total. The normalized spacial score (nSPS) is 12.0. The summed E-state index contributed by atoms with van der Waals surface area (Å²) < 4.78 is 1.93. The van der Waals surface area contributed by atoms with Crippen molar-refractivity contribution in [2.45, 2.75) is 32.9 Å². The molecule has 0 fully saturated rings. The van der Waals surface area contributed by atoms with Crippen molar-refractivity contribution in [3.8, 4) is 0 Å². The molecule has 0 spiro atoms. The summed E-state index contributed by atoms with van der Waals surface area (Å²) in [7, 11) is 0. The lowest BCUT2D eigenvalue weighted by atomic mass is 10.1. The quantitative estimate of drug-likeness (QED) is 0.689. The van der Waals surface area contributed by atoms with Crippen molar-refractivity contribution in [1.29, 1.82) is 0 Å². The molecule has 0 unspecified atom stereocenters. The van der Waals surface area contributed by atoms with Crippen LogP contribution in [0.15, 0.2) is 12.4 Å². The minimum Gasteiger partial charge on any atom is -0.389 e. The van der Waals surface area contributed by atoms with Crippen molar-refractivity contribution in [2.75, 3.05) is 0 Å². The van der Waals surface area contributed by atoms with E-state index in [0.29, 0.717) is 6.54 Å². The Morgan fingerprint density at radius 3 is 2.64 bits per heavy atom. The Kier molecular flexibility index (Phi) is 2.00. The molecule has 11 heavy (non-hydrogen) atoms. The molecule has 0 saturated carbocycles. The zero-order valence-corrected chi connectivity index (χ0v) is 7.20. The summed E-state index contributed by atoms with van der Waals surface area (Å²) >= 11 is 0. The van der Waals surface area contributed by atoms with Crippen LogP contribution in [0, 0.1) is 6.92 Å².